The molecule has 0 aliphatic carbocycles. The molecule has 0 spiro atoms. The molecule has 0 aliphatic rings. The average Bonchev–Trinajstić information content (AvgIpc) is 2.95. The van der Waals surface area contributed by atoms with Crippen molar-refractivity contribution >= 4 is 11.4 Å². The molecule has 0 amide bonds. The molecule has 0 aliphatic heterocycles. The van der Waals surface area contributed by atoms with Crippen LogP contribution in [0.3, 0.4) is 0 Å². The van der Waals surface area contributed by atoms with Crippen molar-refractivity contribution in [1.29, 1.82) is 0 Å². The Labute approximate surface area is 135 Å². The van der Waals surface area contributed by atoms with E-state index in [1.165, 1.54) is 0 Å². The molecule has 0 bridgehead atoms. The van der Waals surface area contributed by atoms with Crippen molar-refractivity contribution in [1.82, 2.24) is 19.7 Å². The van der Waals surface area contributed by atoms with E-state index < -0.39 is 0 Å². The predicted octanol–water partition coefficient (Wildman–Crippen LogP) is 3.04. The van der Waals surface area contributed by atoms with E-state index in [2.05, 4.69) is 20.5 Å². The Bertz CT molecular complexity index is 770. The van der Waals surface area contributed by atoms with E-state index in [-0.39, 0.29) is 0 Å². The molecular weight excluding hydrogens is 290 g/mol. The number of nitrogens with zero attached hydrogens (tertiary/aromatic N) is 4. The maximum absolute atomic E-state index is 5.15. The van der Waals surface area contributed by atoms with Crippen molar-refractivity contribution in [3.63, 3.8) is 0 Å². The minimum absolute atomic E-state index is 0.605. The molecule has 1 N–H and O–H groups in total. The molecule has 0 radical (unpaired) electrons. The summed E-state index contributed by atoms with van der Waals surface area (Å²) >= 11 is 0. The zero-order valence-electron chi connectivity index (χ0n) is 13.2. The number of nitrogens with one attached hydrogen (secondary N) is 1. The molecule has 0 unspecified atom stereocenters. The molecule has 2 heterocycles. The quantitative estimate of drug-likeness (QED) is 0.758. The predicted molar refractivity (Wildman–Crippen MR) is 89.6 cm³/mol. The van der Waals surface area contributed by atoms with Crippen LogP contribution in [-0.2, 0) is 11.3 Å². The number of pyridine rings is 1. The normalized spacial score (nSPS) is 10.7. The smallest absolute Gasteiger partial charge is 0.182 e. The molecule has 0 saturated heterocycles. The van der Waals surface area contributed by atoms with Crippen LogP contribution >= 0.6 is 0 Å². The van der Waals surface area contributed by atoms with Crippen LogP contribution in [-0.4, -0.2) is 33.5 Å². The number of aromatic nitrogens is 4. The van der Waals surface area contributed by atoms with Gasteiger partial charge < -0.3 is 14.6 Å². The van der Waals surface area contributed by atoms with Crippen molar-refractivity contribution < 1.29 is 4.74 Å². The average molecular weight is 309 g/mol. The molecule has 2 aromatic heterocycles. The highest BCUT2D eigenvalue weighted by Crippen LogP contribution is 2.22. The molecule has 3 aromatic rings. The lowest BCUT2D eigenvalue weighted by atomic mass is 10.2. The van der Waals surface area contributed by atoms with Crippen LogP contribution in [0.4, 0.5) is 11.4 Å². The van der Waals surface area contributed by atoms with Crippen LogP contribution in [0.2, 0.25) is 0 Å². The van der Waals surface area contributed by atoms with Crippen LogP contribution in [0.1, 0.15) is 5.82 Å². The molecule has 3 rings (SSSR count). The third-order valence-corrected chi connectivity index (χ3v) is 3.51. The van der Waals surface area contributed by atoms with E-state index in [0.717, 1.165) is 28.7 Å². The second-order valence-electron chi connectivity index (χ2n) is 5.14. The minimum Gasteiger partial charge on any atom is -0.383 e. The lowest BCUT2D eigenvalue weighted by Gasteiger charge is -2.10. The lowest BCUT2D eigenvalue weighted by molar-refractivity contribution is 0.187. The standard InChI is InChI=1S/C17H19N5O/c1-13-20-21-17(22(13)10-11-23-2)16-12-15(8-9-18-16)19-14-6-4-3-5-7-14/h3-9,12H,10-11H2,1-2H3,(H,18,19). The summed E-state index contributed by atoms with van der Waals surface area (Å²) < 4.78 is 7.17. The van der Waals surface area contributed by atoms with Crippen LogP contribution < -0.4 is 5.32 Å². The van der Waals surface area contributed by atoms with Gasteiger partial charge in [0.2, 0.25) is 0 Å². The topological polar surface area (TPSA) is 64.9 Å². The Hall–Kier alpha value is -2.73. The fraction of sp³-hybridized carbons (Fsp3) is 0.235. The van der Waals surface area contributed by atoms with Crippen molar-refractivity contribution in [3.8, 4) is 11.5 Å². The van der Waals surface area contributed by atoms with Gasteiger partial charge in [0.25, 0.3) is 0 Å². The van der Waals surface area contributed by atoms with Gasteiger partial charge in [0.15, 0.2) is 5.82 Å². The molecule has 118 valence electrons. The van der Waals surface area contributed by atoms with E-state index in [1.54, 1.807) is 13.3 Å². The van der Waals surface area contributed by atoms with Crippen molar-refractivity contribution in [2.75, 3.05) is 19.0 Å². The first-order valence-electron chi connectivity index (χ1n) is 7.45. The number of methoxy groups -OCH3 is 1. The van der Waals surface area contributed by atoms with Gasteiger partial charge in [0.1, 0.15) is 11.5 Å². The molecule has 6 heteroatoms. The number of hydrogen-bond donors (Lipinski definition) is 1. The summed E-state index contributed by atoms with van der Waals surface area (Å²) in [7, 11) is 1.68. The Balaban J connectivity index is 1.88. The number of anilines is 2. The maximum atomic E-state index is 5.15. The van der Waals surface area contributed by atoms with Gasteiger partial charge in [-0.2, -0.15) is 0 Å². The number of hydrogen-bond acceptors (Lipinski definition) is 5. The van der Waals surface area contributed by atoms with Crippen LogP contribution in [0, 0.1) is 6.92 Å². The van der Waals surface area contributed by atoms with Gasteiger partial charge >= 0.3 is 0 Å². The second-order valence-corrected chi connectivity index (χ2v) is 5.14. The largest absolute Gasteiger partial charge is 0.383 e. The molecule has 0 saturated carbocycles. The Morgan fingerprint density at radius 1 is 1.09 bits per heavy atom. The highest BCUT2D eigenvalue weighted by atomic mass is 16.5. The SMILES string of the molecule is COCCn1c(C)nnc1-c1cc(Nc2ccccc2)ccn1. The highest BCUT2D eigenvalue weighted by molar-refractivity contribution is 5.64. The van der Waals surface area contributed by atoms with Crippen LogP contribution in [0.5, 0.6) is 0 Å². The van der Waals surface area contributed by atoms with E-state index in [0.29, 0.717) is 13.2 Å². The zero-order chi connectivity index (χ0) is 16.1. The lowest BCUT2D eigenvalue weighted by Crippen LogP contribution is -2.08. The summed E-state index contributed by atoms with van der Waals surface area (Å²) in [5.41, 5.74) is 2.77. The molecule has 6 nitrogen and oxygen atoms in total. The number of ether oxygens (including phenoxy) is 1. The third kappa shape index (κ3) is 3.54. The van der Waals surface area contributed by atoms with Gasteiger partial charge in [0.05, 0.1) is 6.61 Å². The van der Waals surface area contributed by atoms with Gasteiger partial charge in [-0.25, -0.2) is 0 Å². The van der Waals surface area contributed by atoms with Crippen molar-refractivity contribution in [2.45, 2.75) is 13.5 Å². The minimum atomic E-state index is 0.605. The molecule has 0 atom stereocenters. The number of aryl methyl sites for hydroxylation is 1. The molecular formula is C17H19N5O. The first-order valence-corrected chi connectivity index (χ1v) is 7.45. The number of para-hydroxylation sites is 1. The number of benzene rings is 1. The van der Waals surface area contributed by atoms with Gasteiger partial charge in [-0.15, -0.1) is 10.2 Å². The van der Waals surface area contributed by atoms with E-state index >= 15 is 0 Å². The number of rotatable bonds is 6. The van der Waals surface area contributed by atoms with Crippen LogP contribution in [0.15, 0.2) is 48.7 Å². The highest BCUT2D eigenvalue weighted by Gasteiger charge is 2.12. The van der Waals surface area contributed by atoms with Crippen LogP contribution in [0.25, 0.3) is 11.5 Å². The summed E-state index contributed by atoms with van der Waals surface area (Å²) in [6.45, 7) is 3.23. The first kappa shape index (κ1) is 15.2. The summed E-state index contributed by atoms with van der Waals surface area (Å²) in [5, 5.41) is 11.8. The molecule has 1 aromatic carbocycles. The van der Waals surface area contributed by atoms with E-state index in [1.807, 2.05) is 54.0 Å². The Kier molecular flexibility index (Phi) is 4.63. The summed E-state index contributed by atoms with van der Waals surface area (Å²) in [6, 6.07) is 13.9. The fourth-order valence-corrected chi connectivity index (χ4v) is 2.34. The molecule has 23 heavy (non-hydrogen) atoms. The first-order chi connectivity index (χ1) is 11.3. The van der Waals surface area contributed by atoms with Gasteiger partial charge in [-0.1, -0.05) is 18.2 Å². The Morgan fingerprint density at radius 2 is 1.91 bits per heavy atom. The zero-order valence-corrected chi connectivity index (χ0v) is 13.2. The van der Waals surface area contributed by atoms with Gasteiger partial charge in [-0.05, 0) is 31.2 Å². The monoisotopic (exact) mass is 309 g/mol. The van der Waals surface area contributed by atoms with E-state index in [9.17, 15) is 0 Å². The second kappa shape index (κ2) is 7.02. The van der Waals surface area contributed by atoms with Crippen molar-refractivity contribution in [3.05, 3.63) is 54.5 Å². The third-order valence-electron chi connectivity index (χ3n) is 3.51. The molecule has 0 fully saturated rings. The fourth-order valence-electron chi connectivity index (χ4n) is 2.34. The van der Waals surface area contributed by atoms with Gasteiger partial charge in [0, 0.05) is 31.2 Å². The maximum Gasteiger partial charge on any atom is 0.182 e. The summed E-state index contributed by atoms with van der Waals surface area (Å²) in [5.74, 6) is 1.59. The van der Waals surface area contributed by atoms with E-state index in [4.69, 9.17) is 4.74 Å². The van der Waals surface area contributed by atoms with Gasteiger partial charge in [-0.3, -0.25) is 4.98 Å². The summed E-state index contributed by atoms with van der Waals surface area (Å²) in [6.07, 6.45) is 1.77. The summed E-state index contributed by atoms with van der Waals surface area (Å²) in [4.78, 5) is 4.43. The van der Waals surface area contributed by atoms with Crippen molar-refractivity contribution in [2.24, 2.45) is 0 Å². The Morgan fingerprint density at radius 3 is 2.70 bits per heavy atom.